The van der Waals surface area contributed by atoms with Gasteiger partial charge in [0.1, 0.15) is 12.3 Å². The van der Waals surface area contributed by atoms with Crippen molar-refractivity contribution >= 4 is 22.6 Å². The molecule has 0 spiro atoms. The highest BCUT2D eigenvalue weighted by molar-refractivity contribution is 8.13. The Morgan fingerprint density at radius 3 is 2.93 bits per heavy atom. The van der Waals surface area contributed by atoms with Gasteiger partial charge in [-0.15, -0.1) is 0 Å². The number of aryl methyl sites for hydroxylation is 1. The van der Waals surface area contributed by atoms with Crippen molar-refractivity contribution in [1.29, 1.82) is 0 Å². The zero-order valence-electron chi connectivity index (χ0n) is 14.4. The molecule has 2 aromatic rings. The van der Waals surface area contributed by atoms with Crippen LogP contribution in [0.15, 0.2) is 49.8 Å². The van der Waals surface area contributed by atoms with Crippen LogP contribution in [0, 0.1) is 6.92 Å². The van der Waals surface area contributed by atoms with Crippen LogP contribution in [0.1, 0.15) is 18.2 Å². The van der Waals surface area contributed by atoms with Crippen LogP contribution in [0.3, 0.4) is 0 Å². The van der Waals surface area contributed by atoms with E-state index in [0.29, 0.717) is 12.0 Å². The molecule has 1 fully saturated rings. The molecule has 2 aliphatic rings. The van der Waals surface area contributed by atoms with Crippen molar-refractivity contribution < 1.29 is 18.8 Å². The van der Waals surface area contributed by atoms with E-state index in [1.165, 1.54) is 22.5 Å². The maximum Gasteiger partial charge on any atom is 0.330 e. The molecular formula is C17H18N2O6S2. The lowest BCUT2D eigenvalue weighted by Crippen LogP contribution is -2.33. The number of benzene rings is 1. The Morgan fingerprint density at radius 1 is 1.41 bits per heavy atom. The van der Waals surface area contributed by atoms with Gasteiger partial charge in [0.25, 0.3) is 5.56 Å². The lowest BCUT2D eigenvalue weighted by atomic mass is 10.2. The van der Waals surface area contributed by atoms with E-state index in [1.54, 1.807) is 6.92 Å². The summed E-state index contributed by atoms with van der Waals surface area (Å²) in [7, 11) is -1.33. The third-order valence-corrected chi connectivity index (χ3v) is 7.67. The van der Waals surface area contributed by atoms with E-state index in [1.807, 2.05) is 24.3 Å². The third kappa shape index (κ3) is 3.43. The second kappa shape index (κ2) is 7.36. The molecule has 0 amide bonds. The number of nitrogens with one attached hydrogen (secondary N) is 1. The number of rotatable bonds is 4. The average Bonchev–Trinajstić information content (AvgIpc) is 3.20. The summed E-state index contributed by atoms with van der Waals surface area (Å²) in [5.41, 5.74) is -0.651. The molecule has 0 bridgehead atoms. The van der Waals surface area contributed by atoms with Crippen LogP contribution in [-0.4, -0.2) is 42.4 Å². The van der Waals surface area contributed by atoms with Gasteiger partial charge in [-0.25, -0.2) is 4.79 Å². The number of aromatic nitrogens is 2. The largest absolute Gasteiger partial charge is 0.394 e. The summed E-state index contributed by atoms with van der Waals surface area (Å²) in [5, 5.41) is 9.65. The predicted molar refractivity (Wildman–Crippen MR) is 99.0 cm³/mol. The summed E-state index contributed by atoms with van der Waals surface area (Å²) in [5.74, 6) is 0. The lowest BCUT2D eigenvalue weighted by molar-refractivity contribution is -0.0586. The first-order chi connectivity index (χ1) is 13.0. The number of nitrogens with zero attached hydrogens (tertiary/aromatic N) is 1. The van der Waals surface area contributed by atoms with E-state index in [0.717, 1.165) is 9.79 Å². The quantitative estimate of drug-likeness (QED) is 0.764. The topological polar surface area (TPSA) is 111 Å². The molecule has 1 aromatic carbocycles. The second-order valence-electron chi connectivity index (χ2n) is 6.35. The number of H-pyrrole nitrogens is 1. The van der Waals surface area contributed by atoms with Gasteiger partial charge in [0, 0.05) is 23.1 Å². The van der Waals surface area contributed by atoms with E-state index < -0.39 is 45.3 Å². The number of hydrogen-bond acceptors (Lipinski definition) is 7. The summed E-state index contributed by atoms with van der Waals surface area (Å²) >= 11 is 1.37. The van der Waals surface area contributed by atoms with Gasteiger partial charge in [0.15, 0.2) is 4.77 Å². The molecular weight excluding hydrogens is 392 g/mol. The molecule has 2 aliphatic heterocycles. The Balaban J connectivity index is 1.53. The van der Waals surface area contributed by atoms with E-state index in [2.05, 4.69) is 4.98 Å². The maximum atomic E-state index is 12.6. The molecule has 0 radical (unpaired) electrons. The standard InChI is InChI=1S/C17H18N2O6S2/c1-9-7-19(16(22)18-15(9)21)14-6-10(11(8-20)24-14)25-17-26-12-4-2-3-5-13(12)27(17)23/h2-5,7,10-11,14,17,20H,6,8H2,1H3,(H,18,21,22)/t10-,11+,14+,17?,27?/m0/s1. The number of thioether (sulfide) groups is 1. The SMILES string of the molecule is Cc1cn([C@H]2C[C@H](OC3Sc4ccccc4S3=O)[C@@H](CO)O2)c(=O)[nH]c1=O. The highest BCUT2D eigenvalue weighted by Gasteiger charge is 2.41. The van der Waals surface area contributed by atoms with E-state index in [4.69, 9.17) is 9.47 Å². The highest BCUT2D eigenvalue weighted by Crippen LogP contribution is 2.43. The number of fused-ring (bicyclic) bond motifs is 1. The minimum atomic E-state index is -1.33. The minimum absolute atomic E-state index is 0.293. The molecule has 5 atom stereocenters. The Labute approximate surface area is 161 Å². The predicted octanol–water partition coefficient (Wildman–Crippen LogP) is 0.707. The number of aliphatic hydroxyl groups excluding tert-OH is 1. The van der Waals surface area contributed by atoms with Crippen molar-refractivity contribution in [3.05, 3.63) is 56.9 Å². The number of hydrogen-bond donors (Lipinski definition) is 2. The molecule has 1 saturated heterocycles. The van der Waals surface area contributed by atoms with Gasteiger partial charge in [-0.3, -0.25) is 18.6 Å². The molecule has 27 heavy (non-hydrogen) atoms. The fraction of sp³-hybridized carbons (Fsp3) is 0.412. The van der Waals surface area contributed by atoms with Crippen molar-refractivity contribution in [2.45, 2.75) is 46.3 Å². The smallest absolute Gasteiger partial charge is 0.330 e. The van der Waals surface area contributed by atoms with Crippen molar-refractivity contribution in [3.8, 4) is 0 Å². The summed E-state index contributed by atoms with van der Waals surface area (Å²) in [6.45, 7) is 1.30. The van der Waals surface area contributed by atoms with E-state index in [-0.39, 0.29) is 6.61 Å². The van der Waals surface area contributed by atoms with Crippen LogP contribution >= 0.6 is 11.8 Å². The van der Waals surface area contributed by atoms with Crippen LogP contribution in [0.25, 0.3) is 0 Å². The van der Waals surface area contributed by atoms with Gasteiger partial charge in [-0.05, 0) is 19.1 Å². The fourth-order valence-electron chi connectivity index (χ4n) is 3.16. The van der Waals surface area contributed by atoms with Gasteiger partial charge in [0.05, 0.1) is 28.4 Å². The molecule has 8 nitrogen and oxygen atoms in total. The molecule has 2 unspecified atom stereocenters. The number of aliphatic hydroxyl groups is 1. The molecule has 0 aliphatic carbocycles. The van der Waals surface area contributed by atoms with Crippen LogP contribution in [0.5, 0.6) is 0 Å². The third-order valence-electron chi connectivity index (χ3n) is 4.57. The normalized spacial score (nSPS) is 29.8. The molecule has 0 saturated carbocycles. The van der Waals surface area contributed by atoms with Gasteiger partial charge in [0.2, 0.25) is 0 Å². The summed E-state index contributed by atoms with van der Waals surface area (Å²) in [4.78, 5) is 27.5. The monoisotopic (exact) mass is 410 g/mol. The Morgan fingerprint density at radius 2 is 2.19 bits per heavy atom. The lowest BCUT2D eigenvalue weighted by Gasteiger charge is -2.19. The average molecular weight is 410 g/mol. The summed E-state index contributed by atoms with van der Waals surface area (Å²) in [6, 6.07) is 7.40. The number of ether oxygens (including phenoxy) is 2. The van der Waals surface area contributed by atoms with E-state index in [9.17, 15) is 18.9 Å². The minimum Gasteiger partial charge on any atom is -0.394 e. The number of aromatic amines is 1. The Kier molecular flexibility index (Phi) is 5.08. The van der Waals surface area contributed by atoms with Crippen LogP contribution in [0.2, 0.25) is 0 Å². The van der Waals surface area contributed by atoms with Gasteiger partial charge >= 0.3 is 5.69 Å². The van der Waals surface area contributed by atoms with Gasteiger partial charge < -0.3 is 14.6 Å². The van der Waals surface area contributed by atoms with Gasteiger partial charge in [-0.1, -0.05) is 23.9 Å². The van der Waals surface area contributed by atoms with Crippen molar-refractivity contribution in [3.63, 3.8) is 0 Å². The molecule has 10 heteroatoms. The van der Waals surface area contributed by atoms with E-state index >= 15 is 0 Å². The van der Waals surface area contributed by atoms with Crippen molar-refractivity contribution in [2.75, 3.05) is 6.61 Å². The first-order valence-corrected chi connectivity index (χ1v) is 10.5. The molecule has 144 valence electrons. The van der Waals surface area contributed by atoms with Crippen molar-refractivity contribution in [2.24, 2.45) is 0 Å². The van der Waals surface area contributed by atoms with Gasteiger partial charge in [-0.2, -0.15) is 0 Å². The van der Waals surface area contributed by atoms with Crippen LogP contribution in [-0.2, 0) is 20.3 Å². The molecule has 4 rings (SSSR count). The molecule has 3 heterocycles. The Hall–Kier alpha value is -1.72. The fourth-order valence-corrected chi connectivity index (χ4v) is 6.20. The zero-order valence-corrected chi connectivity index (χ0v) is 16.0. The molecule has 1 aromatic heterocycles. The summed E-state index contributed by atoms with van der Waals surface area (Å²) in [6.07, 6.45) is -0.148. The van der Waals surface area contributed by atoms with Crippen LogP contribution < -0.4 is 11.2 Å². The van der Waals surface area contributed by atoms with Crippen LogP contribution in [0.4, 0.5) is 0 Å². The molecule has 2 N–H and O–H groups in total. The van der Waals surface area contributed by atoms with Crippen molar-refractivity contribution in [1.82, 2.24) is 9.55 Å². The first-order valence-electron chi connectivity index (χ1n) is 8.38. The Bertz CT molecular complexity index is 1000. The maximum absolute atomic E-state index is 12.6. The summed E-state index contributed by atoms with van der Waals surface area (Å²) < 4.78 is 25.1. The highest BCUT2D eigenvalue weighted by atomic mass is 32.2. The first kappa shape index (κ1) is 18.6. The second-order valence-corrected chi connectivity index (χ2v) is 9.22. The zero-order chi connectivity index (χ0) is 19.1.